The number of aliphatic hydroxyl groups is 1. The van der Waals surface area contributed by atoms with Crippen molar-refractivity contribution in [3.63, 3.8) is 0 Å². The number of azide groups is 1. The molecule has 8 atom stereocenters. The first-order valence-corrected chi connectivity index (χ1v) is 13.6. The summed E-state index contributed by atoms with van der Waals surface area (Å²) in [7, 11) is 0. The second-order valence-electron chi connectivity index (χ2n) is 12.6. The van der Waals surface area contributed by atoms with Crippen LogP contribution in [0.5, 0.6) is 0 Å². The molecule has 4 aliphatic carbocycles. The van der Waals surface area contributed by atoms with Crippen LogP contribution in [0.25, 0.3) is 10.4 Å². The van der Waals surface area contributed by atoms with Gasteiger partial charge in [0.05, 0.1) is 12.9 Å². The molecule has 1 aromatic rings. The summed E-state index contributed by atoms with van der Waals surface area (Å²) in [4.78, 5) is 26.7. The first kappa shape index (κ1) is 26.1. The summed E-state index contributed by atoms with van der Waals surface area (Å²) in [6.07, 6.45) is 7.72. The average Bonchev–Trinajstić information content (AvgIpc) is 3.12. The maximum atomic E-state index is 12.1. The summed E-state index contributed by atoms with van der Waals surface area (Å²) in [5.41, 5.74) is 7.32. The van der Waals surface area contributed by atoms with Crippen molar-refractivity contribution in [3.8, 4) is 0 Å². The molecule has 1 heterocycles. The second kappa shape index (κ2) is 8.77. The van der Waals surface area contributed by atoms with E-state index in [2.05, 4.69) is 23.9 Å². The Balaban J connectivity index is 1.53. The van der Waals surface area contributed by atoms with Crippen molar-refractivity contribution in [3.05, 3.63) is 34.6 Å². The lowest BCUT2D eigenvalue weighted by molar-refractivity contribution is -0.168. The molecular weight excluding hydrogens is 474 g/mol. The van der Waals surface area contributed by atoms with Crippen molar-refractivity contribution >= 4 is 11.9 Å². The largest absolute Gasteiger partial charge is 0.466 e. The third kappa shape index (κ3) is 3.57. The Kier molecular flexibility index (Phi) is 6.19. The molecule has 0 radical (unpaired) electrons. The lowest BCUT2D eigenvalue weighted by atomic mass is 9.48. The van der Waals surface area contributed by atoms with Gasteiger partial charge in [0.15, 0.2) is 0 Å². The molecule has 0 spiro atoms. The second-order valence-corrected chi connectivity index (χ2v) is 12.6. The molecule has 1 N–H and O–H groups in total. The van der Waals surface area contributed by atoms with E-state index in [1.54, 1.807) is 6.26 Å². The fourth-order valence-electron chi connectivity index (χ4n) is 9.53. The van der Waals surface area contributed by atoms with E-state index < -0.39 is 11.0 Å². The van der Waals surface area contributed by atoms with Gasteiger partial charge in [-0.1, -0.05) is 19.0 Å². The van der Waals surface area contributed by atoms with Gasteiger partial charge in [0.1, 0.15) is 17.5 Å². The van der Waals surface area contributed by atoms with E-state index in [9.17, 15) is 20.2 Å². The van der Waals surface area contributed by atoms with Crippen LogP contribution in [0.15, 0.2) is 27.9 Å². The summed E-state index contributed by atoms with van der Waals surface area (Å²) in [6.45, 7) is 8.01. The summed E-state index contributed by atoms with van der Waals surface area (Å²) >= 11 is 0. The Labute approximate surface area is 217 Å². The van der Waals surface area contributed by atoms with Gasteiger partial charge in [-0.15, -0.1) is 0 Å². The van der Waals surface area contributed by atoms with Gasteiger partial charge in [0.2, 0.25) is 0 Å². The monoisotopic (exact) mass is 513 g/mol. The van der Waals surface area contributed by atoms with Gasteiger partial charge < -0.3 is 19.0 Å². The Morgan fingerprint density at radius 2 is 1.95 bits per heavy atom. The fourth-order valence-corrected chi connectivity index (χ4v) is 9.53. The lowest BCUT2D eigenvalue weighted by Gasteiger charge is -2.57. The molecule has 1 aromatic heterocycles. The summed E-state index contributed by atoms with van der Waals surface area (Å²) in [5, 5.41) is 16.2. The molecule has 0 aliphatic heterocycles. The lowest BCUT2D eigenvalue weighted by Crippen LogP contribution is -2.55. The molecule has 4 aliphatic rings. The third-order valence-corrected chi connectivity index (χ3v) is 11.4. The predicted molar refractivity (Wildman–Crippen MR) is 134 cm³/mol. The van der Waals surface area contributed by atoms with Crippen molar-refractivity contribution in [2.45, 2.75) is 90.8 Å². The van der Waals surface area contributed by atoms with Crippen molar-refractivity contribution < 1.29 is 28.6 Å². The Morgan fingerprint density at radius 1 is 1.16 bits per heavy atom. The number of ether oxygens (including phenoxy) is 2. The molecule has 1 unspecified atom stereocenters. The number of hydrogen-bond donors (Lipinski definition) is 1. The van der Waals surface area contributed by atoms with E-state index in [0.717, 1.165) is 38.5 Å². The highest BCUT2D eigenvalue weighted by Gasteiger charge is 2.83. The van der Waals surface area contributed by atoms with Crippen molar-refractivity contribution in [1.82, 2.24) is 0 Å². The highest BCUT2D eigenvalue weighted by molar-refractivity contribution is 5.66. The van der Waals surface area contributed by atoms with Crippen molar-refractivity contribution in [2.75, 3.05) is 13.2 Å². The van der Waals surface area contributed by atoms with E-state index in [1.807, 2.05) is 12.1 Å². The van der Waals surface area contributed by atoms with E-state index in [0.29, 0.717) is 25.1 Å². The summed E-state index contributed by atoms with van der Waals surface area (Å²) in [5.74, 6) is 0.175. The molecule has 202 valence electrons. The Hall–Kier alpha value is -2.51. The minimum atomic E-state index is -1.07. The number of fused-ring (bicyclic) bond motifs is 3. The topological polar surface area (TPSA) is 135 Å². The highest BCUT2D eigenvalue weighted by Crippen LogP contribution is 2.87. The van der Waals surface area contributed by atoms with Gasteiger partial charge in [-0.05, 0) is 91.2 Å². The zero-order valence-corrected chi connectivity index (χ0v) is 22.4. The molecule has 0 bridgehead atoms. The number of carbonyl (C=O) groups excluding carboxylic acids is 2. The van der Waals surface area contributed by atoms with E-state index in [4.69, 9.17) is 13.9 Å². The molecule has 9 nitrogen and oxygen atoms in total. The zero-order valence-electron chi connectivity index (χ0n) is 22.4. The average molecular weight is 514 g/mol. The number of carbonyl (C=O) groups is 2. The van der Waals surface area contributed by atoms with Gasteiger partial charge in [-0.2, -0.15) is 0 Å². The van der Waals surface area contributed by atoms with Gasteiger partial charge >= 0.3 is 11.9 Å². The maximum Gasteiger partial charge on any atom is 0.302 e. The number of rotatable bonds is 7. The molecule has 0 saturated heterocycles. The first-order chi connectivity index (χ1) is 17.5. The van der Waals surface area contributed by atoms with Gasteiger partial charge in [-0.25, -0.2) is 0 Å². The number of esters is 2. The van der Waals surface area contributed by atoms with E-state index in [1.165, 1.54) is 13.8 Å². The molecule has 0 aromatic carbocycles. The van der Waals surface area contributed by atoms with Crippen LogP contribution in [0, 0.1) is 33.5 Å². The van der Waals surface area contributed by atoms with Gasteiger partial charge in [-0.3, -0.25) is 9.59 Å². The number of nitrogens with zero attached hydrogens (tertiary/aromatic N) is 3. The molecule has 5 rings (SSSR count). The van der Waals surface area contributed by atoms with Crippen LogP contribution in [0.1, 0.15) is 84.8 Å². The van der Waals surface area contributed by atoms with Gasteiger partial charge in [0.25, 0.3) is 0 Å². The molecule has 0 amide bonds. The van der Waals surface area contributed by atoms with Gasteiger partial charge in [0, 0.05) is 36.6 Å². The normalized spacial score (nSPS) is 44.2. The molecular formula is C28H39N3O6. The standard InChI is InChI=1S/C28H39N3O6/c1-18(32)36-15-20-14-21(37-19(2)33)7-9-24(20,3)27-12-11-25(4)22(26(27,16-27)17-30-31-29)8-10-28(25,34)23-6-5-13-35-23/h5-6,13,20-22,34H,7-12,14-17H2,1-4H3/t20-,21+,22-,24+,25+,26?,27+,28-/m1/s1. The minimum absolute atomic E-state index is 0.0113. The smallest absolute Gasteiger partial charge is 0.302 e. The number of hydrogen-bond acceptors (Lipinski definition) is 7. The van der Waals surface area contributed by atoms with E-state index in [-0.39, 0.29) is 52.7 Å². The highest BCUT2D eigenvalue weighted by atomic mass is 16.5. The molecule has 37 heavy (non-hydrogen) atoms. The Bertz CT molecular complexity index is 1120. The number of furan rings is 1. The van der Waals surface area contributed by atoms with Crippen LogP contribution in [-0.4, -0.2) is 36.3 Å². The summed E-state index contributed by atoms with van der Waals surface area (Å²) in [6, 6.07) is 3.70. The maximum absolute atomic E-state index is 12.1. The van der Waals surface area contributed by atoms with Crippen LogP contribution < -0.4 is 0 Å². The van der Waals surface area contributed by atoms with Crippen LogP contribution in [0.4, 0.5) is 0 Å². The van der Waals surface area contributed by atoms with E-state index >= 15 is 0 Å². The zero-order chi connectivity index (χ0) is 26.7. The van der Waals surface area contributed by atoms with Crippen LogP contribution in [0.3, 0.4) is 0 Å². The third-order valence-electron chi connectivity index (χ3n) is 11.4. The Morgan fingerprint density at radius 3 is 2.59 bits per heavy atom. The van der Waals surface area contributed by atoms with Crippen molar-refractivity contribution in [1.29, 1.82) is 0 Å². The molecule has 4 saturated carbocycles. The predicted octanol–water partition coefficient (Wildman–Crippen LogP) is 5.67. The minimum Gasteiger partial charge on any atom is -0.466 e. The molecule has 9 heteroatoms. The molecule has 4 fully saturated rings. The SMILES string of the molecule is CC(=O)OC[C@H]1C[C@@H](OC(C)=O)CC[C@]1(C)[C@@]12CC[C@@]3(C)[C@@H](CC[C@@]3(O)c3ccco3)C1(CN=[N+]=[N-])C2. The van der Waals surface area contributed by atoms with Crippen LogP contribution in [0.2, 0.25) is 0 Å². The summed E-state index contributed by atoms with van der Waals surface area (Å²) < 4.78 is 16.9. The first-order valence-electron chi connectivity index (χ1n) is 13.6. The van der Waals surface area contributed by atoms with Crippen LogP contribution >= 0.6 is 0 Å². The van der Waals surface area contributed by atoms with Crippen molar-refractivity contribution in [2.24, 2.45) is 38.6 Å². The van der Waals surface area contributed by atoms with Crippen LogP contribution in [-0.2, 0) is 24.7 Å². The quantitative estimate of drug-likeness (QED) is 0.216. The fraction of sp³-hybridized carbons (Fsp3) is 0.786.